The lowest BCUT2D eigenvalue weighted by Gasteiger charge is -2.12. The van der Waals surface area contributed by atoms with E-state index in [-0.39, 0.29) is 34.5 Å². The maximum atomic E-state index is 13.2. The van der Waals surface area contributed by atoms with Crippen LogP contribution in [0.4, 0.5) is 0 Å². The number of aryl methyl sites for hydroxylation is 3. The Hall–Kier alpha value is -3.26. The summed E-state index contributed by atoms with van der Waals surface area (Å²) >= 11 is 0. The van der Waals surface area contributed by atoms with Crippen LogP contribution in [-0.2, 0) is 16.4 Å². The Morgan fingerprint density at radius 2 is 1.65 bits per heavy atom. The van der Waals surface area contributed by atoms with E-state index in [4.69, 9.17) is 4.74 Å². The molecule has 0 aliphatic carbocycles. The van der Waals surface area contributed by atoms with Crippen LogP contribution in [0.15, 0.2) is 53.6 Å². The van der Waals surface area contributed by atoms with Gasteiger partial charge in [0.05, 0.1) is 11.1 Å². The summed E-state index contributed by atoms with van der Waals surface area (Å²) in [6, 6.07) is 11.8. The number of carbonyl (C=O) groups excluding carboxylic acids is 2. The third-order valence-corrected chi connectivity index (χ3v) is 6.25. The molecule has 7 nitrogen and oxygen atoms in total. The zero-order chi connectivity index (χ0) is 22.8. The first-order chi connectivity index (χ1) is 14.6. The number of benzene rings is 2. The Kier molecular flexibility index (Phi) is 6.40. The average Bonchev–Trinajstić information content (AvgIpc) is 3.13. The molecule has 0 N–H and O–H groups in total. The highest BCUT2D eigenvalue weighted by atomic mass is 32.2. The van der Waals surface area contributed by atoms with Crippen LogP contribution in [0.1, 0.15) is 44.3 Å². The lowest BCUT2D eigenvalue weighted by molar-refractivity contribution is 0.0907. The molecule has 31 heavy (non-hydrogen) atoms. The van der Waals surface area contributed by atoms with E-state index in [9.17, 15) is 18.0 Å². The smallest absolute Gasteiger partial charge is 0.223 e. The highest BCUT2D eigenvalue weighted by Crippen LogP contribution is 2.26. The Bertz CT molecular complexity index is 1220. The molecule has 3 rings (SSSR count). The zero-order valence-corrected chi connectivity index (χ0v) is 18.7. The Labute approximate surface area is 181 Å². The van der Waals surface area contributed by atoms with Crippen molar-refractivity contribution in [3.8, 4) is 5.88 Å². The number of ketones is 2. The lowest BCUT2D eigenvalue weighted by Crippen LogP contribution is -2.16. The van der Waals surface area contributed by atoms with E-state index in [0.29, 0.717) is 28.8 Å². The van der Waals surface area contributed by atoms with Crippen LogP contribution in [0.2, 0.25) is 0 Å². The highest BCUT2D eigenvalue weighted by molar-refractivity contribution is 7.90. The third kappa shape index (κ3) is 4.74. The van der Waals surface area contributed by atoms with Gasteiger partial charge < -0.3 is 4.74 Å². The Morgan fingerprint density at radius 1 is 1.03 bits per heavy atom. The topological polar surface area (TPSA) is 95.3 Å². The van der Waals surface area contributed by atoms with Crippen LogP contribution in [-0.4, -0.2) is 42.6 Å². The minimum Gasteiger partial charge on any atom is -0.469 e. The first kappa shape index (κ1) is 22.4. The number of hydrogen-bond acceptors (Lipinski definition) is 6. The quantitative estimate of drug-likeness (QED) is 0.498. The fraction of sp³-hybridized carbons (Fsp3) is 0.261. The highest BCUT2D eigenvalue weighted by Gasteiger charge is 2.23. The summed E-state index contributed by atoms with van der Waals surface area (Å²) in [5, 5.41) is 4.20. The minimum absolute atomic E-state index is 0.208. The van der Waals surface area contributed by atoms with Gasteiger partial charge in [0, 0.05) is 23.9 Å². The lowest BCUT2D eigenvalue weighted by atomic mass is 10.0. The van der Waals surface area contributed by atoms with Crippen molar-refractivity contribution >= 4 is 21.4 Å². The van der Waals surface area contributed by atoms with Crippen molar-refractivity contribution < 1.29 is 22.7 Å². The second kappa shape index (κ2) is 8.85. The van der Waals surface area contributed by atoms with E-state index >= 15 is 0 Å². The van der Waals surface area contributed by atoms with Gasteiger partial charge in [0.2, 0.25) is 5.88 Å². The number of aromatic nitrogens is 2. The Morgan fingerprint density at radius 3 is 2.19 bits per heavy atom. The summed E-state index contributed by atoms with van der Waals surface area (Å²) in [4.78, 5) is 25.8. The van der Waals surface area contributed by atoms with Gasteiger partial charge in [-0.1, -0.05) is 30.3 Å². The van der Waals surface area contributed by atoms with Crippen molar-refractivity contribution in [1.82, 2.24) is 9.78 Å². The molecular weight excluding hydrogens is 416 g/mol. The molecule has 0 radical (unpaired) electrons. The van der Waals surface area contributed by atoms with Crippen molar-refractivity contribution in [2.45, 2.75) is 32.2 Å². The SMILES string of the molecule is CCn1ncc(C(=O)c2cc(C)c(S(C)(=O)=O)c(C)c2)c1OCC(=O)c1ccccc1. The minimum atomic E-state index is -3.41. The molecule has 0 amide bonds. The molecule has 0 atom stereocenters. The molecule has 0 saturated carbocycles. The molecule has 0 unspecified atom stereocenters. The number of nitrogens with zero attached hydrogens (tertiary/aromatic N) is 2. The molecule has 162 valence electrons. The van der Waals surface area contributed by atoms with Gasteiger partial charge in [0.1, 0.15) is 5.56 Å². The van der Waals surface area contributed by atoms with Crippen LogP contribution in [0.5, 0.6) is 5.88 Å². The predicted molar refractivity (Wildman–Crippen MR) is 117 cm³/mol. The van der Waals surface area contributed by atoms with Crippen molar-refractivity contribution in [3.63, 3.8) is 0 Å². The molecule has 1 heterocycles. The molecule has 0 bridgehead atoms. The van der Waals surface area contributed by atoms with E-state index in [2.05, 4.69) is 5.10 Å². The number of sulfone groups is 1. The van der Waals surface area contributed by atoms with Crippen molar-refractivity contribution in [3.05, 3.63) is 76.5 Å². The fourth-order valence-electron chi connectivity index (χ4n) is 3.57. The van der Waals surface area contributed by atoms with E-state index in [1.54, 1.807) is 50.2 Å². The Balaban J connectivity index is 1.92. The molecule has 3 aromatic rings. The van der Waals surface area contributed by atoms with Gasteiger partial charge in [0.25, 0.3) is 0 Å². The van der Waals surface area contributed by atoms with Gasteiger partial charge in [0.15, 0.2) is 28.0 Å². The van der Waals surface area contributed by atoms with E-state index in [1.807, 2.05) is 13.0 Å². The van der Waals surface area contributed by atoms with Gasteiger partial charge in [-0.2, -0.15) is 5.10 Å². The van der Waals surface area contributed by atoms with Crippen molar-refractivity contribution in [2.24, 2.45) is 0 Å². The van der Waals surface area contributed by atoms with E-state index < -0.39 is 9.84 Å². The summed E-state index contributed by atoms with van der Waals surface area (Å²) in [7, 11) is -3.41. The zero-order valence-electron chi connectivity index (χ0n) is 17.9. The maximum Gasteiger partial charge on any atom is 0.223 e. The van der Waals surface area contributed by atoms with Crippen molar-refractivity contribution in [1.29, 1.82) is 0 Å². The number of hydrogen-bond donors (Lipinski definition) is 0. The monoisotopic (exact) mass is 440 g/mol. The van der Waals surface area contributed by atoms with Crippen LogP contribution in [0.25, 0.3) is 0 Å². The first-order valence-corrected chi connectivity index (χ1v) is 11.7. The van der Waals surface area contributed by atoms with Gasteiger partial charge in [-0.3, -0.25) is 9.59 Å². The molecule has 0 aliphatic rings. The number of ether oxygens (including phenoxy) is 1. The number of carbonyl (C=O) groups is 2. The largest absolute Gasteiger partial charge is 0.469 e. The predicted octanol–water partition coefficient (Wildman–Crippen LogP) is 3.42. The molecule has 0 spiro atoms. The molecular formula is C23H24N2O5S. The van der Waals surface area contributed by atoms with Gasteiger partial charge in [-0.25, -0.2) is 13.1 Å². The number of rotatable bonds is 8. The average molecular weight is 441 g/mol. The summed E-state index contributed by atoms with van der Waals surface area (Å²) in [5.74, 6) is -0.362. The van der Waals surface area contributed by atoms with Crippen LogP contribution < -0.4 is 4.74 Å². The van der Waals surface area contributed by atoms with Crippen LogP contribution in [0.3, 0.4) is 0 Å². The second-order valence-corrected chi connectivity index (χ2v) is 9.25. The van der Waals surface area contributed by atoms with E-state index in [1.165, 1.54) is 10.9 Å². The molecule has 0 fully saturated rings. The fourth-order valence-corrected chi connectivity index (χ4v) is 4.86. The van der Waals surface area contributed by atoms with Crippen LogP contribution >= 0.6 is 0 Å². The van der Waals surface area contributed by atoms with Gasteiger partial charge in [-0.15, -0.1) is 0 Å². The summed E-state index contributed by atoms with van der Waals surface area (Å²) < 4.78 is 31.3. The van der Waals surface area contributed by atoms with Gasteiger partial charge >= 0.3 is 0 Å². The van der Waals surface area contributed by atoms with Crippen LogP contribution in [0, 0.1) is 13.8 Å². The third-order valence-electron chi connectivity index (χ3n) is 4.86. The summed E-state index contributed by atoms with van der Waals surface area (Å²) in [5.41, 5.74) is 2.05. The standard InChI is InChI=1S/C23H24N2O5S/c1-5-25-23(30-14-20(26)17-9-7-6-8-10-17)19(13-24-25)21(27)18-11-15(2)22(16(3)12-18)31(4,28)29/h6-13H,5,14H2,1-4H3. The summed E-state index contributed by atoms with van der Waals surface area (Å²) in [6.45, 7) is 5.38. The normalized spacial score (nSPS) is 11.4. The molecule has 2 aromatic carbocycles. The van der Waals surface area contributed by atoms with Gasteiger partial charge in [-0.05, 0) is 44.0 Å². The molecule has 8 heteroatoms. The molecule has 0 aliphatic heterocycles. The summed E-state index contributed by atoms with van der Waals surface area (Å²) in [6.07, 6.45) is 2.55. The first-order valence-electron chi connectivity index (χ1n) is 9.76. The van der Waals surface area contributed by atoms with Crippen molar-refractivity contribution in [2.75, 3.05) is 12.9 Å². The number of Topliss-reactive ketones (excluding diaryl/α,β-unsaturated/α-hetero) is 1. The second-order valence-electron chi connectivity index (χ2n) is 7.30. The molecule has 0 saturated heterocycles. The molecule has 1 aromatic heterocycles. The van der Waals surface area contributed by atoms with E-state index in [0.717, 1.165) is 6.26 Å². The maximum absolute atomic E-state index is 13.2.